The molecule has 0 spiro atoms. The normalized spacial score (nSPS) is 17.8. The molecule has 3 heterocycles. The highest BCUT2D eigenvalue weighted by atomic mass is 32.1. The van der Waals surface area contributed by atoms with Crippen molar-refractivity contribution >= 4 is 40.2 Å². The number of carbonyl (C=O) groups is 3. The van der Waals surface area contributed by atoms with E-state index in [0.717, 1.165) is 5.52 Å². The van der Waals surface area contributed by atoms with Crippen LogP contribution in [0, 0.1) is 0 Å². The maximum Gasteiger partial charge on any atom is 0.344 e. The van der Waals surface area contributed by atoms with E-state index in [0.29, 0.717) is 33.4 Å². The molecule has 4 aromatic rings. The molecule has 172 valence electrons. The zero-order valence-corrected chi connectivity index (χ0v) is 19.1. The van der Waals surface area contributed by atoms with E-state index in [1.807, 2.05) is 29.6 Å². The number of rotatable bonds is 6. The van der Waals surface area contributed by atoms with E-state index in [1.54, 1.807) is 41.3 Å². The van der Waals surface area contributed by atoms with Crippen LogP contribution < -0.4 is 15.5 Å². The highest BCUT2D eigenvalue weighted by molar-refractivity contribution is 7.07. The van der Waals surface area contributed by atoms with Crippen molar-refractivity contribution in [2.45, 2.75) is 19.0 Å². The molecule has 10 nitrogen and oxygen atoms in total. The molecular weight excluding hydrogens is 456 g/mol. The van der Waals surface area contributed by atoms with Gasteiger partial charge in [-0.1, -0.05) is 24.3 Å². The molecule has 1 aliphatic heterocycles. The number of ether oxygens (including phenoxy) is 1. The summed E-state index contributed by atoms with van der Waals surface area (Å²) in [5.41, 5.74) is 5.39. The Bertz CT molecular complexity index is 1420. The number of imide groups is 1. The SMILES string of the molecule is COc1cccc([C@]2(C)NC(=O)N(NC(=O)Cn3c(-c4cscn4)nc4ccccc43)C2=O)c1. The quantitative estimate of drug-likeness (QED) is 0.413. The smallest absolute Gasteiger partial charge is 0.344 e. The molecule has 0 saturated carbocycles. The molecule has 11 heteroatoms. The highest BCUT2D eigenvalue weighted by Gasteiger charge is 2.50. The summed E-state index contributed by atoms with van der Waals surface area (Å²) in [5, 5.41) is 5.22. The average Bonchev–Trinajstić information content (AvgIpc) is 3.55. The first-order valence-corrected chi connectivity index (χ1v) is 11.3. The van der Waals surface area contributed by atoms with Gasteiger partial charge in [-0.2, -0.15) is 5.01 Å². The number of hydrazine groups is 1. The maximum atomic E-state index is 13.2. The van der Waals surface area contributed by atoms with Crippen molar-refractivity contribution in [3.05, 3.63) is 65.0 Å². The summed E-state index contributed by atoms with van der Waals surface area (Å²) >= 11 is 1.42. The van der Waals surface area contributed by atoms with Gasteiger partial charge in [0.2, 0.25) is 0 Å². The zero-order chi connectivity index (χ0) is 23.9. The minimum absolute atomic E-state index is 0.166. The summed E-state index contributed by atoms with van der Waals surface area (Å²) in [6.45, 7) is 1.41. The van der Waals surface area contributed by atoms with Crippen LogP contribution >= 0.6 is 11.3 Å². The first kappa shape index (κ1) is 21.6. The monoisotopic (exact) mass is 476 g/mol. The number of imidazole rings is 1. The van der Waals surface area contributed by atoms with Gasteiger partial charge in [0.15, 0.2) is 5.82 Å². The fourth-order valence-corrected chi connectivity index (χ4v) is 4.46. The molecule has 2 aromatic heterocycles. The number of thiazole rings is 1. The minimum atomic E-state index is -1.35. The van der Waals surface area contributed by atoms with Crippen molar-refractivity contribution in [3.63, 3.8) is 0 Å². The number of amides is 4. The van der Waals surface area contributed by atoms with Crippen molar-refractivity contribution in [1.29, 1.82) is 0 Å². The molecule has 0 bridgehead atoms. The van der Waals surface area contributed by atoms with Crippen molar-refractivity contribution in [2.75, 3.05) is 7.11 Å². The molecule has 34 heavy (non-hydrogen) atoms. The first-order valence-electron chi connectivity index (χ1n) is 10.4. The molecule has 2 aromatic carbocycles. The molecule has 2 N–H and O–H groups in total. The molecule has 1 fully saturated rings. The Hall–Kier alpha value is -4.25. The summed E-state index contributed by atoms with van der Waals surface area (Å²) < 4.78 is 6.94. The maximum absolute atomic E-state index is 13.2. The number of methoxy groups -OCH3 is 1. The second-order valence-electron chi connectivity index (χ2n) is 7.85. The number of nitrogens with one attached hydrogen (secondary N) is 2. The highest BCUT2D eigenvalue weighted by Crippen LogP contribution is 2.30. The summed E-state index contributed by atoms with van der Waals surface area (Å²) in [4.78, 5) is 47.8. The predicted octanol–water partition coefficient (Wildman–Crippen LogP) is 2.67. The van der Waals surface area contributed by atoms with Crippen LogP contribution in [0.4, 0.5) is 4.79 Å². The fraction of sp³-hybridized carbons (Fsp3) is 0.174. The molecule has 1 atom stereocenters. The fourth-order valence-electron chi connectivity index (χ4n) is 3.93. The van der Waals surface area contributed by atoms with Crippen molar-refractivity contribution in [1.82, 2.24) is 30.3 Å². The van der Waals surface area contributed by atoms with Crippen molar-refractivity contribution in [2.24, 2.45) is 0 Å². The van der Waals surface area contributed by atoms with E-state index in [2.05, 4.69) is 20.7 Å². The molecule has 0 radical (unpaired) electrons. The van der Waals surface area contributed by atoms with Gasteiger partial charge in [-0.15, -0.1) is 11.3 Å². The van der Waals surface area contributed by atoms with Crippen LogP contribution in [0.25, 0.3) is 22.6 Å². The molecule has 5 rings (SSSR count). The van der Waals surface area contributed by atoms with Crippen LogP contribution in [-0.4, -0.2) is 44.5 Å². The van der Waals surface area contributed by atoms with Crippen LogP contribution in [0.5, 0.6) is 5.75 Å². The van der Waals surface area contributed by atoms with E-state index in [-0.39, 0.29) is 6.54 Å². The molecular formula is C23H20N6O4S. The number of carbonyl (C=O) groups excluding carboxylic acids is 3. The Balaban J connectivity index is 1.40. The standard InChI is InChI=1S/C23H20N6O4S/c1-23(14-6-5-7-15(10-14)33-2)21(31)29(22(32)26-23)27-19(30)11-28-18-9-4-3-8-16(18)25-20(28)17-12-34-13-24-17/h3-10,12-13H,11H2,1-2H3,(H,26,32)(H,27,30)/t23-/m0/s1. The lowest BCUT2D eigenvalue weighted by Gasteiger charge is -2.22. The van der Waals surface area contributed by atoms with E-state index < -0.39 is 23.4 Å². The Morgan fingerprint density at radius 2 is 2.03 bits per heavy atom. The lowest BCUT2D eigenvalue weighted by Crippen LogP contribution is -2.48. The summed E-state index contributed by atoms with van der Waals surface area (Å²) in [6.07, 6.45) is 0. The van der Waals surface area contributed by atoms with Gasteiger partial charge in [0, 0.05) is 5.38 Å². The van der Waals surface area contributed by atoms with E-state index in [4.69, 9.17) is 4.74 Å². The number of nitrogens with zero attached hydrogens (tertiary/aromatic N) is 4. The van der Waals surface area contributed by atoms with Gasteiger partial charge >= 0.3 is 6.03 Å². The number of hydrogen-bond acceptors (Lipinski definition) is 7. The number of para-hydroxylation sites is 2. The molecule has 4 amide bonds. The second-order valence-corrected chi connectivity index (χ2v) is 8.57. The third-order valence-corrected chi connectivity index (χ3v) is 6.28. The Labute approximate surface area is 198 Å². The summed E-state index contributed by atoms with van der Waals surface area (Å²) in [5.74, 6) is -0.0897. The molecule has 1 saturated heterocycles. The van der Waals surface area contributed by atoms with E-state index >= 15 is 0 Å². The van der Waals surface area contributed by atoms with Crippen molar-refractivity contribution in [3.8, 4) is 17.3 Å². The average molecular weight is 477 g/mol. The molecule has 0 aliphatic carbocycles. The van der Waals surface area contributed by atoms with E-state index in [1.165, 1.54) is 18.4 Å². The van der Waals surface area contributed by atoms with Gasteiger partial charge in [0.25, 0.3) is 11.8 Å². The van der Waals surface area contributed by atoms with Gasteiger partial charge in [-0.05, 0) is 36.8 Å². The summed E-state index contributed by atoms with van der Waals surface area (Å²) in [7, 11) is 1.52. The lowest BCUT2D eigenvalue weighted by molar-refractivity contribution is -0.139. The Morgan fingerprint density at radius 1 is 1.21 bits per heavy atom. The van der Waals surface area contributed by atoms with Crippen LogP contribution in [0.1, 0.15) is 12.5 Å². The Kier molecular flexibility index (Phi) is 5.25. The van der Waals surface area contributed by atoms with Gasteiger partial charge < -0.3 is 14.6 Å². The third-order valence-electron chi connectivity index (χ3n) is 5.69. The second kappa shape index (κ2) is 8.27. The predicted molar refractivity (Wildman–Crippen MR) is 125 cm³/mol. The number of hydrogen-bond donors (Lipinski definition) is 2. The van der Waals surface area contributed by atoms with Gasteiger partial charge in [0.1, 0.15) is 23.5 Å². The number of aromatic nitrogens is 3. The molecule has 0 unspecified atom stereocenters. The first-order chi connectivity index (χ1) is 16.4. The summed E-state index contributed by atoms with van der Waals surface area (Å²) in [6, 6.07) is 13.5. The number of fused-ring (bicyclic) bond motifs is 1. The third kappa shape index (κ3) is 3.55. The Morgan fingerprint density at radius 3 is 2.79 bits per heavy atom. The van der Waals surface area contributed by atoms with Gasteiger partial charge in [-0.25, -0.2) is 14.8 Å². The van der Waals surface area contributed by atoms with Crippen LogP contribution in [-0.2, 0) is 21.7 Å². The van der Waals surface area contributed by atoms with Crippen molar-refractivity contribution < 1.29 is 19.1 Å². The van der Waals surface area contributed by atoms with Crippen LogP contribution in [0.3, 0.4) is 0 Å². The largest absolute Gasteiger partial charge is 0.497 e. The zero-order valence-electron chi connectivity index (χ0n) is 18.3. The topological polar surface area (TPSA) is 118 Å². The van der Waals surface area contributed by atoms with E-state index in [9.17, 15) is 14.4 Å². The van der Waals surface area contributed by atoms with Gasteiger partial charge in [-0.3, -0.25) is 15.0 Å². The number of urea groups is 1. The molecule has 1 aliphatic rings. The minimum Gasteiger partial charge on any atom is -0.497 e. The lowest BCUT2D eigenvalue weighted by atomic mass is 9.92. The van der Waals surface area contributed by atoms with Crippen LogP contribution in [0.15, 0.2) is 59.4 Å². The number of benzene rings is 2. The van der Waals surface area contributed by atoms with Crippen LogP contribution in [0.2, 0.25) is 0 Å². The van der Waals surface area contributed by atoms with Gasteiger partial charge in [0.05, 0.1) is 23.7 Å².